The molecule has 3 heteroatoms. The van der Waals surface area contributed by atoms with E-state index in [9.17, 15) is 10.1 Å². The minimum atomic E-state index is -0.242. The second-order valence-corrected chi connectivity index (χ2v) is 5.26. The Morgan fingerprint density at radius 3 is 2.33 bits per heavy atom. The zero-order chi connectivity index (χ0) is 15.2. The third-order valence-corrected chi connectivity index (χ3v) is 3.85. The molecule has 0 amide bonds. The Balaban J connectivity index is 2.37. The van der Waals surface area contributed by atoms with Gasteiger partial charge in [0.1, 0.15) is 0 Å². The standard InChI is InChI=1S/C18H20NO2/c1-3-14(2)16-11-7-8-12-17(16)18(19(20)21)13-15-9-5-4-6-10-15/h4-12,14H,3,13H2,1-2H3. The lowest BCUT2D eigenvalue weighted by atomic mass is 9.88. The van der Waals surface area contributed by atoms with Crippen molar-refractivity contribution in [2.24, 2.45) is 0 Å². The van der Waals surface area contributed by atoms with E-state index in [1.54, 1.807) is 0 Å². The lowest BCUT2D eigenvalue weighted by Crippen LogP contribution is -2.17. The topological polar surface area (TPSA) is 43.1 Å². The van der Waals surface area contributed by atoms with Crippen molar-refractivity contribution in [2.75, 3.05) is 0 Å². The van der Waals surface area contributed by atoms with Gasteiger partial charge in [-0.15, -0.1) is 0 Å². The SMILES string of the molecule is CCC(C)c1ccccc1[C](Cc1ccccc1)[N+](=O)[O-]. The first-order chi connectivity index (χ1) is 10.1. The van der Waals surface area contributed by atoms with Crippen molar-refractivity contribution in [3.8, 4) is 0 Å². The molecular formula is C18H20NO2. The molecule has 0 aliphatic carbocycles. The van der Waals surface area contributed by atoms with E-state index in [2.05, 4.69) is 13.8 Å². The molecule has 1 atom stereocenters. The van der Waals surface area contributed by atoms with Gasteiger partial charge in [-0.2, -0.15) is 0 Å². The summed E-state index contributed by atoms with van der Waals surface area (Å²) in [5.41, 5.74) is 2.78. The summed E-state index contributed by atoms with van der Waals surface area (Å²) in [6.45, 7) is 4.21. The molecule has 0 saturated carbocycles. The first kappa shape index (κ1) is 15.2. The van der Waals surface area contributed by atoms with Crippen LogP contribution >= 0.6 is 0 Å². The molecule has 0 fully saturated rings. The smallest absolute Gasteiger partial charge is 0.263 e. The van der Waals surface area contributed by atoms with E-state index in [4.69, 9.17) is 0 Å². The molecule has 0 heterocycles. The Morgan fingerprint density at radius 1 is 1.10 bits per heavy atom. The maximum Gasteiger partial charge on any atom is 0.324 e. The second-order valence-electron chi connectivity index (χ2n) is 5.26. The van der Waals surface area contributed by atoms with Crippen molar-refractivity contribution in [1.82, 2.24) is 0 Å². The molecule has 2 aromatic carbocycles. The minimum Gasteiger partial charge on any atom is -0.263 e. The summed E-state index contributed by atoms with van der Waals surface area (Å²) < 4.78 is 0. The quantitative estimate of drug-likeness (QED) is 0.574. The summed E-state index contributed by atoms with van der Waals surface area (Å²) in [6.07, 6.45) is 1.31. The lowest BCUT2D eigenvalue weighted by Gasteiger charge is -2.16. The Hall–Kier alpha value is -2.16. The molecule has 1 unspecified atom stereocenters. The van der Waals surface area contributed by atoms with Gasteiger partial charge < -0.3 is 0 Å². The molecule has 0 bridgehead atoms. The highest BCUT2D eigenvalue weighted by Gasteiger charge is 2.29. The Kier molecular flexibility index (Phi) is 5.09. The molecule has 0 N–H and O–H groups in total. The van der Waals surface area contributed by atoms with Gasteiger partial charge in [0.25, 0.3) is 0 Å². The average Bonchev–Trinajstić information content (AvgIpc) is 2.52. The van der Waals surface area contributed by atoms with E-state index in [1.807, 2.05) is 54.6 Å². The molecule has 2 rings (SSSR count). The van der Waals surface area contributed by atoms with E-state index >= 15 is 0 Å². The fraction of sp³-hybridized carbons (Fsp3) is 0.278. The van der Waals surface area contributed by atoms with Crippen molar-refractivity contribution in [1.29, 1.82) is 0 Å². The van der Waals surface area contributed by atoms with Crippen LogP contribution in [0.1, 0.15) is 42.9 Å². The maximum atomic E-state index is 11.5. The van der Waals surface area contributed by atoms with E-state index < -0.39 is 0 Å². The van der Waals surface area contributed by atoms with Crippen LogP contribution in [0.5, 0.6) is 0 Å². The van der Waals surface area contributed by atoms with Crippen LogP contribution in [-0.2, 0) is 6.42 Å². The van der Waals surface area contributed by atoms with Crippen LogP contribution in [0.25, 0.3) is 0 Å². The van der Waals surface area contributed by atoms with Gasteiger partial charge in [-0.1, -0.05) is 68.4 Å². The van der Waals surface area contributed by atoms with Gasteiger partial charge >= 0.3 is 6.04 Å². The number of hydrogen-bond donors (Lipinski definition) is 0. The van der Waals surface area contributed by atoms with Gasteiger partial charge in [-0.05, 0) is 23.5 Å². The molecule has 0 aliphatic heterocycles. The first-order valence-corrected chi connectivity index (χ1v) is 7.27. The van der Waals surface area contributed by atoms with Crippen molar-refractivity contribution in [3.05, 3.63) is 87.4 Å². The summed E-state index contributed by atoms with van der Waals surface area (Å²) in [7, 11) is 0. The molecule has 0 aliphatic rings. The van der Waals surface area contributed by atoms with Crippen molar-refractivity contribution in [2.45, 2.75) is 32.6 Å². The average molecular weight is 282 g/mol. The van der Waals surface area contributed by atoms with Gasteiger partial charge in [0, 0.05) is 10.5 Å². The molecule has 3 nitrogen and oxygen atoms in total. The summed E-state index contributed by atoms with van der Waals surface area (Å²) in [6, 6.07) is 17.5. The zero-order valence-corrected chi connectivity index (χ0v) is 12.5. The fourth-order valence-electron chi connectivity index (χ4n) is 2.46. The van der Waals surface area contributed by atoms with Gasteiger partial charge in [0.2, 0.25) is 0 Å². The van der Waals surface area contributed by atoms with Gasteiger partial charge in [-0.25, -0.2) is 0 Å². The monoisotopic (exact) mass is 282 g/mol. The van der Waals surface area contributed by atoms with Crippen LogP contribution < -0.4 is 0 Å². The first-order valence-electron chi connectivity index (χ1n) is 7.27. The van der Waals surface area contributed by atoms with Crippen LogP contribution in [0.4, 0.5) is 0 Å². The van der Waals surface area contributed by atoms with Crippen molar-refractivity contribution in [3.63, 3.8) is 0 Å². The van der Waals surface area contributed by atoms with E-state index in [0.29, 0.717) is 12.3 Å². The number of hydrogen-bond acceptors (Lipinski definition) is 2. The minimum absolute atomic E-state index is 0.242. The van der Waals surface area contributed by atoms with Crippen LogP contribution in [0.3, 0.4) is 0 Å². The predicted molar refractivity (Wildman–Crippen MR) is 84.6 cm³/mol. The Labute approximate surface area is 125 Å². The normalized spacial score (nSPS) is 12.3. The molecular weight excluding hydrogens is 262 g/mol. The largest absolute Gasteiger partial charge is 0.324 e. The second kappa shape index (κ2) is 7.02. The van der Waals surface area contributed by atoms with Crippen molar-refractivity contribution < 1.29 is 4.92 Å². The number of rotatable bonds is 6. The molecule has 0 aromatic heterocycles. The Morgan fingerprint density at radius 2 is 1.71 bits per heavy atom. The van der Waals surface area contributed by atoms with Crippen LogP contribution in [0, 0.1) is 16.2 Å². The number of nitro groups is 1. The molecule has 0 saturated heterocycles. The Bertz CT molecular complexity index is 595. The van der Waals surface area contributed by atoms with E-state index in [0.717, 1.165) is 23.1 Å². The third-order valence-electron chi connectivity index (χ3n) is 3.85. The van der Waals surface area contributed by atoms with E-state index in [-0.39, 0.29) is 11.0 Å². The highest BCUT2D eigenvalue weighted by Crippen LogP contribution is 2.30. The molecule has 21 heavy (non-hydrogen) atoms. The summed E-state index contributed by atoms with van der Waals surface area (Å²) in [5, 5.41) is 11.5. The summed E-state index contributed by atoms with van der Waals surface area (Å²) >= 11 is 0. The van der Waals surface area contributed by atoms with Gasteiger partial charge in [0.15, 0.2) is 0 Å². The highest BCUT2D eigenvalue weighted by molar-refractivity contribution is 5.39. The molecule has 0 spiro atoms. The number of nitrogens with zero attached hydrogens (tertiary/aromatic N) is 1. The fourth-order valence-corrected chi connectivity index (χ4v) is 2.46. The number of benzene rings is 2. The van der Waals surface area contributed by atoms with Crippen LogP contribution in [0.2, 0.25) is 0 Å². The highest BCUT2D eigenvalue weighted by atomic mass is 16.6. The molecule has 109 valence electrons. The van der Waals surface area contributed by atoms with Gasteiger partial charge in [-0.3, -0.25) is 10.1 Å². The van der Waals surface area contributed by atoms with E-state index in [1.165, 1.54) is 0 Å². The molecule has 1 radical (unpaired) electrons. The third kappa shape index (κ3) is 3.69. The van der Waals surface area contributed by atoms with Crippen LogP contribution in [0.15, 0.2) is 54.6 Å². The van der Waals surface area contributed by atoms with Crippen molar-refractivity contribution >= 4 is 0 Å². The maximum absolute atomic E-state index is 11.5. The zero-order valence-electron chi connectivity index (χ0n) is 12.5. The molecule has 2 aromatic rings. The lowest BCUT2D eigenvalue weighted by molar-refractivity contribution is -0.459. The predicted octanol–water partition coefficient (Wildman–Crippen LogP) is 4.60. The van der Waals surface area contributed by atoms with Crippen LogP contribution in [-0.4, -0.2) is 4.92 Å². The van der Waals surface area contributed by atoms with Gasteiger partial charge in [0.05, 0.1) is 6.42 Å². The summed E-state index contributed by atoms with van der Waals surface area (Å²) in [4.78, 5) is 11.3. The summed E-state index contributed by atoms with van der Waals surface area (Å²) in [5.74, 6) is 0.312.